The first-order valence-electron chi connectivity index (χ1n) is 2.89. The maximum absolute atomic E-state index is 8.95. The number of thioether (sulfide) groups is 1. The van der Waals surface area contributed by atoms with Crippen molar-refractivity contribution in [2.75, 3.05) is 18.1 Å². The van der Waals surface area contributed by atoms with Gasteiger partial charge < -0.3 is 10.4 Å². The van der Waals surface area contributed by atoms with E-state index in [2.05, 4.69) is 17.9 Å². The number of rotatable bonds is 2. The summed E-state index contributed by atoms with van der Waals surface area (Å²) in [5, 5.41) is 12.0. The number of hydrogen-bond acceptors (Lipinski definition) is 4. The Hall–Kier alpha value is 0.550. The van der Waals surface area contributed by atoms with Gasteiger partial charge in [-0.1, -0.05) is 24.0 Å². The fourth-order valence-corrected chi connectivity index (χ4v) is 2.51. The topological polar surface area (TPSA) is 32.3 Å². The number of aliphatic hydroxyl groups excluding tert-OH is 1. The van der Waals surface area contributed by atoms with E-state index in [1.54, 1.807) is 11.8 Å². The average molecular weight is 195 g/mol. The highest BCUT2D eigenvalue weighted by Crippen LogP contribution is 2.23. The van der Waals surface area contributed by atoms with Crippen LogP contribution >= 0.6 is 36.6 Å². The van der Waals surface area contributed by atoms with Crippen molar-refractivity contribution in [3.63, 3.8) is 0 Å². The molecule has 0 amide bonds. The summed E-state index contributed by atoms with van der Waals surface area (Å²) in [6.45, 7) is 0.101. The molecule has 5 heteroatoms. The maximum Gasteiger partial charge on any atom is 0.134 e. The summed E-state index contributed by atoms with van der Waals surface area (Å²) >= 11 is 10.6. The smallest absolute Gasteiger partial charge is 0.134 e. The number of nitrogens with one attached hydrogen (secondary N) is 1. The van der Waals surface area contributed by atoms with Crippen LogP contribution in [0.3, 0.4) is 0 Å². The van der Waals surface area contributed by atoms with Gasteiger partial charge in [0.1, 0.15) is 4.32 Å². The van der Waals surface area contributed by atoms with Crippen LogP contribution in [0.4, 0.5) is 0 Å². The van der Waals surface area contributed by atoms with Gasteiger partial charge in [0, 0.05) is 11.5 Å². The molecule has 0 spiro atoms. The first-order valence-corrected chi connectivity index (χ1v) is 4.92. The van der Waals surface area contributed by atoms with Gasteiger partial charge >= 0.3 is 0 Å². The number of aliphatic hydroxyl groups is 1. The van der Waals surface area contributed by atoms with Crippen LogP contribution in [0, 0.1) is 0 Å². The van der Waals surface area contributed by atoms with Crippen LogP contribution in [0.25, 0.3) is 0 Å². The molecule has 2 nitrogen and oxygen atoms in total. The summed E-state index contributed by atoms with van der Waals surface area (Å²) in [5.74, 6) is 1.45. The highest BCUT2D eigenvalue weighted by atomic mass is 32.2. The van der Waals surface area contributed by atoms with Crippen LogP contribution in [0.2, 0.25) is 0 Å². The molecule has 1 aliphatic heterocycles. The summed E-state index contributed by atoms with van der Waals surface area (Å²) in [5.41, 5.74) is -0.259. The second-order valence-corrected chi connectivity index (χ2v) is 4.27. The van der Waals surface area contributed by atoms with Crippen molar-refractivity contribution in [2.24, 2.45) is 0 Å². The Balaban J connectivity index is 2.59. The Bertz CT molecular complexity index is 146. The zero-order valence-corrected chi connectivity index (χ0v) is 7.86. The highest BCUT2D eigenvalue weighted by molar-refractivity contribution is 8.23. The largest absolute Gasteiger partial charge is 0.394 e. The third-order valence-corrected chi connectivity index (χ3v) is 3.57. The lowest BCUT2D eigenvalue weighted by Gasteiger charge is -2.23. The van der Waals surface area contributed by atoms with Crippen molar-refractivity contribution in [3.8, 4) is 0 Å². The van der Waals surface area contributed by atoms with E-state index >= 15 is 0 Å². The number of hydrogen-bond donors (Lipinski definition) is 3. The molecular formula is C5H9NOS3. The minimum absolute atomic E-state index is 0.101. The lowest BCUT2D eigenvalue weighted by Crippen LogP contribution is -2.48. The van der Waals surface area contributed by atoms with Gasteiger partial charge in [-0.25, -0.2) is 0 Å². The molecule has 1 saturated heterocycles. The first kappa shape index (κ1) is 8.64. The molecule has 0 aliphatic carbocycles. The Labute approximate surface area is 75.2 Å². The molecular weight excluding hydrogens is 186 g/mol. The van der Waals surface area contributed by atoms with Crippen molar-refractivity contribution in [1.29, 1.82) is 0 Å². The van der Waals surface area contributed by atoms with Gasteiger partial charge in [0.2, 0.25) is 0 Å². The summed E-state index contributed by atoms with van der Waals surface area (Å²) in [7, 11) is 0. The number of thiocarbonyl (C=S) groups is 1. The van der Waals surface area contributed by atoms with E-state index in [1.807, 2.05) is 0 Å². The van der Waals surface area contributed by atoms with Crippen molar-refractivity contribution in [1.82, 2.24) is 5.32 Å². The van der Waals surface area contributed by atoms with E-state index < -0.39 is 0 Å². The van der Waals surface area contributed by atoms with Gasteiger partial charge in [0.25, 0.3) is 0 Å². The summed E-state index contributed by atoms with van der Waals surface area (Å²) in [6, 6.07) is 0. The van der Waals surface area contributed by atoms with E-state index in [0.29, 0.717) is 5.75 Å². The fourth-order valence-electron chi connectivity index (χ4n) is 0.713. The van der Waals surface area contributed by atoms with Gasteiger partial charge in [0.05, 0.1) is 12.1 Å². The average Bonchev–Trinajstić information content (AvgIpc) is 2.33. The molecule has 1 heterocycles. The van der Waals surface area contributed by atoms with Gasteiger partial charge in [-0.3, -0.25) is 0 Å². The zero-order valence-electron chi connectivity index (χ0n) is 5.33. The molecule has 1 unspecified atom stereocenters. The molecule has 0 saturated carbocycles. The molecule has 1 rings (SSSR count). The zero-order chi connectivity index (χ0) is 7.61. The molecule has 2 N–H and O–H groups in total. The second kappa shape index (κ2) is 3.30. The van der Waals surface area contributed by atoms with E-state index in [-0.39, 0.29) is 12.1 Å². The van der Waals surface area contributed by atoms with E-state index in [1.165, 1.54) is 0 Å². The standard InChI is InChI=1S/C5H9NOS3/c7-1-5(2-8)3-10-4(9)6-5/h7-8H,1-3H2,(H,6,9). The molecule has 0 aromatic heterocycles. The predicted octanol–water partition coefficient (Wildman–Crippen LogP) is 0.269. The molecule has 1 atom stereocenters. The van der Waals surface area contributed by atoms with E-state index in [9.17, 15) is 0 Å². The third kappa shape index (κ3) is 1.58. The van der Waals surface area contributed by atoms with E-state index in [0.717, 1.165) is 10.1 Å². The Morgan fingerprint density at radius 1 is 1.90 bits per heavy atom. The monoisotopic (exact) mass is 195 g/mol. The van der Waals surface area contributed by atoms with Crippen LogP contribution in [-0.2, 0) is 0 Å². The van der Waals surface area contributed by atoms with E-state index in [4.69, 9.17) is 17.3 Å². The molecule has 1 fully saturated rings. The second-order valence-electron chi connectivity index (χ2n) is 2.30. The Kier molecular flexibility index (Phi) is 2.85. The normalized spacial score (nSPS) is 32.4. The van der Waals surface area contributed by atoms with Crippen molar-refractivity contribution in [3.05, 3.63) is 0 Å². The van der Waals surface area contributed by atoms with Gasteiger partial charge in [-0.2, -0.15) is 12.6 Å². The quantitative estimate of drug-likeness (QED) is 0.436. The summed E-state index contributed by atoms with van der Waals surface area (Å²) in [4.78, 5) is 0. The molecule has 0 bridgehead atoms. The molecule has 0 aromatic rings. The number of thiol groups is 1. The van der Waals surface area contributed by atoms with Crippen LogP contribution in [0.1, 0.15) is 0 Å². The van der Waals surface area contributed by atoms with Gasteiger partial charge in [-0.15, -0.1) is 0 Å². The van der Waals surface area contributed by atoms with Crippen LogP contribution in [0.5, 0.6) is 0 Å². The minimum Gasteiger partial charge on any atom is -0.394 e. The fraction of sp³-hybridized carbons (Fsp3) is 0.800. The molecule has 0 aromatic carbocycles. The molecule has 58 valence electrons. The van der Waals surface area contributed by atoms with Gasteiger partial charge in [-0.05, 0) is 0 Å². The molecule has 1 aliphatic rings. The molecule has 0 radical (unpaired) electrons. The summed E-state index contributed by atoms with van der Waals surface area (Å²) in [6.07, 6.45) is 0. The highest BCUT2D eigenvalue weighted by Gasteiger charge is 2.34. The first-order chi connectivity index (χ1) is 4.72. The third-order valence-electron chi connectivity index (χ3n) is 1.45. The Morgan fingerprint density at radius 2 is 2.60 bits per heavy atom. The van der Waals surface area contributed by atoms with Crippen molar-refractivity contribution in [2.45, 2.75) is 5.54 Å². The van der Waals surface area contributed by atoms with Gasteiger partial charge in [0.15, 0.2) is 0 Å². The van der Waals surface area contributed by atoms with Crippen LogP contribution in [0.15, 0.2) is 0 Å². The minimum atomic E-state index is -0.259. The SMILES string of the molecule is OCC1(CS)CSC(=S)N1. The van der Waals surface area contributed by atoms with Crippen molar-refractivity contribution >= 4 is 40.9 Å². The predicted molar refractivity (Wildman–Crippen MR) is 51.9 cm³/mol. The lowest BCUT2D eigenvalue weighted by molar-refractivity contribution is 0.216. The van der Waals surface area contributed by atoms with Crippen molar-refractivity contribution < 1.29 is 5.11 Å². The maximum atomic E-state index is 8.95. The van der Waals surface area contributed by atoms with Crippen LogP contribution in [-0.4, -0.2) is 33.1 Å². The van der Waals surface area contributed by atoms with Crippen LogP contribution < -0.4 is 5.32 Å². The summed E-state index contributed by atoms with van der Waals surface area (Å²) < 4.78 is 0.767. The lowest BCUT2D eigenvalue weighted by atomic mass is 10.1. The Morgan fingerprint density at radius 3 is 2.80 bits per heavy atom. The molecule has 10 heavy (non-hydrogen) atoms.